The molecule has 0 fully saturated rings. The lowest BCUT2D eigenvalue weighted by Gasteiger charge is -2.19. The minimum absolute atomic E-state index is 0.0369. The molecule has 166 valence electrons. The Hall–Kier alpha value is -3.30. The largest absolute Gasteiger partial charge is 0.339 e. The third-order valence-corrected chi connectivity index (χ3v) is 5.95. The molecule has 2 N–H and O–H groups in total. The van der Waals surface area contributed by atoms with E-state index in [1.54, 1.807) is 6.92 Å². The van der Waals surface area contributed by atoms with Crippen LogP contribution in [0.5, 0.6) is 0 Å². The molecule has 0 unspecified atom stereocenters. The molecule has 1 atom stereocenters. The Labute approximate surface area is 189 Å². The van der Waals surface area contributed by atoms with Gasteiger partial charge in [0, 0.05) is 22.8 Å². The van der Waals surface area contributed by atoms with Crippen molar-refractivity contribution in [2.24, 2.45) is 0 Å². The van der Waals surface area contributed by atoms with Gasteiger partial charge in [-0.05, 0) is 48.4 Å². The molecular weight excluding hydrogens is 457 g/mol. The molecule has 2 amide bonds. The van der Waals surface area contributed by atoms with E-state index in [4.69, 9.17) is 10.7 Å². The van der Waals surface area contributed by atoms with Crippen molar-refractivity contribution in [1.29, 1.82) is 0 Å². The van der Waals surface area contributed by atoms with Crippen LogP contribution in [0.1, 0.15) is 21.6 Å². The minimum Gasteiger partial charge on any atom is -0.339 e. The van der Waals surface area contributed by atoms with E-state index in [-0.39, 0.29) is 17.0 Å². The van der Waals surface area contributed by atoms with Crippen molar-refractivity contribution in [2.75, 3.05) is 5.32 Å². The fourth-order valence-corrected chi connectivity index (χ4v) is 3.79. The van der Waals surface area contributed by atoms with Gasteiger partial charge in [-0.2, -0.15) is 0 Å². The topological polar surface area (TPSA) is 105 Å². The second-order valence-electron chi connectivity index (χ2n) is 6.98. The molecule has 0 bridgehead atoms. The van der Waals surface area contributed by atoms with E-state index in [0.29, 0.717) is 11.3 Å². The van der Waals surface area contributed by atoms with Crippen molar-refractivity contribution >= 4 is 37.2 Å². The highest BCUT2D eigenvalue weighted by Crippen LogP contribution is 2.22. The summed E-state index contributed by atoms with van der Waals surface area (Å²) in [7, 11) is 1.45. The van der Waals surface area contributed by atoms with Crippen molar-refractivity contribution < 1.29 is 22.4 Å². The summed E-state index contributed by atoms with van der Waals surface area (Å²) in [5.74, 6) is -1.74. The molecule has 7 nitrogen and oxygen atoms in total. The lowest BCUT2D eigenvalue weighted by Crippen LogP contribution is -2.45. The number of anilines is 1. The van der Waals surface area contributed by atoms with Crippen molar-refractivity contribution in [3.8, 4) is 0 Å². The molecule has 3 aromatic rings. The van der Waals surface area contributed by atoms with Crippen LogP contribution in [0.3, 0.4) is 0 Å². The smallest absolute Gasteiger partial charge is 0.270 e. The van der Waals surface area contributed by atoms with Crippen LogP contribution in [-0.2, 0) is 20.3 Å². The number of amides is 2. The molecule has 0 saturated heterocycles. The Kier molecular flexibility index (Phi) is 7.22. The molecule has 32 heavy (non-hydrogen) atoms. The molecule has 0 spiro atoms. The van der Waals surface area contributed by atoms with E-state index in [9.17, 15) is 22.4 Å². The van der Waals surface area contributed by atoms with Crippen LogP contribution < -0.4 is 10.6 Å². The minimum atomic E-state index is -3.91. The van der Waals surface area contributed by atoms with Gasteiger partial charge >= 0.3 is 0 Å². The number of halogens is 2. The highest BCUT2D eigenvalue weighted by Gasteiger charge is 2.23. The van der Waals surface area contributed by atoms with Crippen LogP contribution in [0.15, 0.2) is 71.8 Å². The highest BCUT2D eigenvalue weighted by molar-refractivity contribution is 8.13. The lowest BCUT2D eigenvalue weighted by atomic mass is 10.0. The SMILES string of the molecule is Cc1cc(S(=O)(=O)Cl)ccc1NC(=O)[C@H](Cc1ccccc1)NC(=O)c1ccc(F)cn1. The Morgan fingerprint density at radius 2 is 1.81 bits per heavy atom. The number of benzene rings is 2. The number of rotatable bonds is 7. The van der Waals surface area contributed by atoms with E-state index >= 15 is 0 Å². The van der Waals surface area contributed by atoms with Crippen molar-refractivity contribution in [3.63, 3.8) is 0 Å². The summed E-state index contributed by atoms with van der Waals surface area (Å²) in [5.41, 5.74) is 1.61. The number of aryl methyl sites for hydroxylation is 1. The van der Waals surface area contributed by atoms with Crippen molar-refractivity contribution in [1.82, 2.24) is 10.3 Å². The second-order valence-corrected chi connectivity index (χ2v) is 9.55. The average Bonchev–Trinajstić information content (AvgIpc) is 2.75. The zero-order valence-corrected chi connectivity index (χ0v) is 18.5. The number of carbonyl (C=O) groups is 2. The Morgan fingerprint density at radius 1 is 1.09 bits per heavy atom. The number of nitrogens with one attached hydrogen (secondary N) is 2. The highest BCUT2D eigenvalue weighted by atomic mass is 35.7. The standard InChI is InChI=1S/C22H19ClFN3O4S/c1-14-11-17(32(23,30)31)8-10-18(14)26-22(29)20(12-15-5-3-2-4-6-15)27-21(28)19-9-7-16(24)13-25-19/h2-11,13,20H,12H2,1H3,(H,26,29)(H,27,28)/t20-/m0/s1. The first-order valence-electron chi connectivity index (χ1n) is 9.46. The molecule has 0 aliphatic carbocycles. The fraction of sp³-hybridized carbons (Fsp3) is 0.136. The fourth-order valence-electron chi connectivity index (χ4n) is 2.95. The molecule has 1 heterocycles. The maximum Gasteiger partial charge on any atom is 0.270 e. The van der Waals surface area contributed by atoms with Crippen LogP contribution in [0.2, 0.25) is 0 Å². The Bertz CT molecular complexity index is 1240. The zero-order chi connectivity index (χ0) is 23.3. The van der Waals surface area contributed by atoms with Crippen LogP contribution in [0.4, 0.5) is 10.1 Å². The van der Waals surface area contributed by atoms with E-state index in [1.807, 2.05) is 30.3 Å². The van der Waals surface area contributed by atoms with Gasteiger partial charge in [0.25, 0.3) is 15.0 Å². The third-order valence-electron chi connectivity index (χ3n) is 4.60. The van der Waals surface area contributed by atoms with Gasteiger partial charge in [0.15, 0.2) is 0 Å². The van der Waals surface area contributed by atoms with E-state index < -0.39 is 32.7 Å². The first kappa shape index (κ1) is 23.4. The van der Waals surface area contributed by atoms with Crippen LogP contribution in [-0.4, -0.2) is 31.3 Å². The predicted molar refractivity (Wildman–Crippen MR) is 118 cm³/mol. The maximum atomic E-state index is 13.1. The summed E-state index contributed by atoms with van der Waals surface area (Å²) in [4.78, 5) is 29.2. The number of hydrogen-bond acceptors (Lipinski definition) is 5. The normalized spacial score (nSPS) is 12.1. The molecular formula is C22H19ClFN3O4S. The van der Waals surface area contributed by atoms with Crippen molar-refractivity contribution in [2.45, 2.75) is 24.3 Å². The van der Waals surface area contributed by atoms with Gasteiger partial charge in [0.05, 0.1) is 11.1 Å². The summed E-state index contributed by atoms with van der Waals surface area (Å²) in [6.45, 7) is 1.62. The maximum absolute atomic E-state index is 13.1. The first-order valence-corrected chi connectivity index (χ1v) is 11.8. The zero-order valence-electron chi connectivity index (χ0n) is 16.9. The van der Waals surface area contributed by atoms with Gasteiger partial charge in [-0.3, -0.25) is 9.59 Å². The second kappa shape index (κ2) is 9.88. The van der Waals surface area contributed by atoms with E-state index in [2.05, 4.69) is 15.6 Å². The van der Waals surface area contributed by atoms with E-state index in [1.165, 1.54) is 24.3 Å². The van der Waals surface area contributed by atoms with Crippen LogP contribution in [0.25, 0.3) is 0 Å². The first-order chi connectivity index (χ1) is 15.1. The summed E-state index contributed by atoms with van der Waals surface area (Å²) >= 11 is 0. The van der Waals surface area contributed by atoms with Gasteiger partial charge in [0.1, 0.15) is 17.6 Å². The summed E-state index contributed by atoms with van der Waals surface area (Å²) in [5, 5.41) is 5.33. The van der Waals surface area contributed by atoms with Gasteiger partial charge in [-0.1, -0.05) is 30.3 Å². The van der Waals surface area contributed by atoms with Gasteiger partial charge < -0.3 is 10.6 Å². The van der Waals surface area contributed by atoms with Gasteiger partial charge in [0.2, 0.25) is 5.91 Å². The molecule has 0 saturated carbocycles. The van der Waals surface area contributed by atoms with Gasteiger partial charge in [-0.25, -0.2) is 17.8 Å². The Morgan fingerprint density at radius 3 is 2.41 bits per heavy atom. The molecule has 0 aliphatic heterocycles. The molecule has 2 aromatic carbocycles. The summed E-state index contributed by atoms with van der Waals surface area (Å²) in [6.07, 6.45) is 1.10. The molecule has 3 rings (SSSR count). The molecule has 1 aromatic heterocycles. The molecule has 10 heteroatoms. The van der Waals surface area contributed by atoms with Crippen LogP contribution in [0, 0.1) is 12.7 Å². The number of aromatic nitrogens is 1. The monoisotopic (exact) mass is 475 g/mol. The summed E-state index contributed by atoms with van der Waals surface area (Å²) in [6, 6.07) is 14.5. The Balaban J connectivity index is 1.83. The molecule has 0 aliphatic rings. The molecule has 0 radical (unpaired) electrons. The third kappa shape index (κ3) is 6.12. The number of hydrogen-bond donors (Lipinski definition) is 2. The number of nitrogens with zero attached hydrogens (tertiary/aromatic N) is 1. The van der Waals surface area contributed by atoms with E-state index in [0.717, 1.165) is 17.8 Å². The van der Waals surface area contributed by atoms with Crippen LogP contribution >= 0.6 is 10.7 Å². The number of pyridine rings is 1. The summed E-state index contributed by atoms with van der Waals surface area (Å²) < 4.78 is 36.1. The predicted octanol–water partition coefficient (Wildman–Crippen LogP) is 3.44. The number of carbonyl (C=O) groups excluding carboxylic acids is 2. The average molecular weight is 476 g/mol. The lowest BCUT2D eigenvalue weighted by molar-refractivity contribution is -0.118. The quantitative estimate of drug-likeness (QED) is 0.509. The van der Waals surface area contributed by atoms with Crippen molar-refractivity contribution in [3.05, 3.63) is 89.5 Å². The van der Waals surface area contributed by atoms with Gasteiger partial charge in [-0.15, -0.1) is 0 Å².